The molecule has 0 spiro atoms. The number of nitrogens with one attached hydrogen (secondary N) is 1. The van der Waals surface area contributed by atoms with Gasteiger partial charge in [-0.3, -0.25) is 4.79 Å². The fourth-order valence-corrected chi connectivity index (χ4v) is 2.42. The maximum absolute atomic E-state index is 12.3. The molecule has 2 rings (SSSR count). The van der Waals surface area contributed by atoms with Crippen molar-refractivity contribution in [1.29, 1.82) is 0 Å². The van der Waals surface area contributed by atoms with Gasteiger partial charge in [-0.1, -0.05) is 18.2 Å². The second kappa shape index (κ2) is 6.27. The molecule has 0 aliphatic carbocycles. The predicted molar refractivity (Wildman–Crippen MR) is 79.8 cm³/mol. The SMILES string of the molecule is CC1CNC(C)(C)CN1C(=O)CCOc1ccccc1. The standard InChI is InChI=1S/C16H24N2O2/c1-13-11-17-16(2,3)12-18(13)15(19)9-10-20-14-7-5-4-6-8-14/h4-8,13,17H,9-12H2,1-3H3. The summed E-state index contributed by atoms with van der Waals surface area (Å²) in [4.78, 5) is 14.3. The van der Waals surface area contributed by atoms with Gasteiger partial charge in [-0.25, -0.2) is 0 Å². The average Bonchev–Trinajstić information content (AvgIpc) is 2.42. The van der Waals surface area contributed by atoms with Crippen molar-refractivity contribution in [3.05, 3.63) is 30.3 Å². The Kier molecular flexibility index (Phi) is 4.65. The summed E-state index contributed by atoms with van der Waals surface area (Å²) in [5, 5.41) is 3.45. The third-order valence-electron chi connectivity index (χ3n) is 3.62. The van der Waals surface area contributed by atoms with Gasteiger partial charge in [0.15, 0.2) is 0 Å². The lowest BCUT2D eigenvalue weighted by Gasteiger charge is -2.43. The van der Waals surface area contributed by atoms with Crippen LogP contribution >= 0.6 is 0 Å². The van der Waals surface area contributed by atoms with E-state index in [1.807, 2.05) is 35.2 Å². The van der Waals surface area contributed by atoms with Crippen molar-refractivity contribution in [1.82, 2.24) is 10.2 Å². The highest BCUT2D eigenvalue weighted by Gasteiger charge is 2.32. The number of nitrogens with zero attached hydrogens (tertiary/aromatic N) is 1. The first-order valence-electron chi connectivity index (χ1n) is 7.20. The number of para-hydroxylation sites is 1. The van der Waals surface area contributed by atoms with Crippen LogP contribution in [0.1, 0.15) is 27.2 Å². The van der Waals surface area contributed by atoms with Crippen molar-refractivity contribution < 1.29 is 9.53 Å². The van der Waals surface area contributed by atoms with Crippen LogP contribution in [0.4, 0.5) is 0 Å². The first kappa shape index (κ1) is 14.9. The van der Waals surface area contributed by atoms with Gasteiger partial charge < -0.3 is 15.0 Å². The van der Waals surface area contributed by atoms with Gasteiger partial charge in [-0.2, -0.15) is 0 Å². The topological polar surface area (TPSA) is 41.6 Å². The van der Waals surface area contributed by atoms with Gasteiger partial charge in [0.05, 0.1) is 13.0 Å². The molecule has 1 unspecified atom stereocenters. The molecule has 4 nitrogen and oxygen atoms in total. The normalized spacial score (nSPS) is 21.6. The number of amides is 1. The molecule has 1 aromatic rings. The lowest BCUT2D eigenvalue weighted by Crippen LogP contribution is -2.62. The molecule has 1 atom stereocenters. The van der Waals surface area contributed by atoms with E-state index in [2.05, 4.69) is 26.1 Å². The maximum Gasteiger partial charge on any atom is 0.226 e. The minimum atomic E-state index is -0.0115. The van der Waals surface area contributed by atoms with Crippen molar-refractivity contribution >= 4 is 5.91 Å². The van der Waals surface area contributed by atoms with Crippen LogP contribution in [-0.4, -0.2) is 42.1 Å². The molecule has 1 heterocycles. The zero-order chi connectivity index (χ0) is 14.6. The fraction of sp³-hybridized carbons (Fsp3) is 0.562. The minimum Gasteiger partial charge on any atom is -0.493 e. The van der Waals surface area contributed by atoms with E-state index < -0.39 is 0 Å². The van der Waals surface area contributed by atoms with E-state index in [0.29, 0.717) is 13.0 Å². The molecule has 1 aromatic carbocycles. The number of hydrogen-bond acceptors (Lipinski definition) is 3. The summed E-state index contributed by atoms with van der Waals surface area (Å²) in [6.45, 7) is 8.36. The minimum absolute atomic E-state index is 0.0115. The van der Waals surface area contributed by atoms with Gasteiger partial charge >= 0.3 is 0 Å². The van der Waals surface area contributed by atoms with E-state index in [0.717, 1.165) is 18.8 Å². The lowest BCUT2D eigenvalue weighted by molar-refractivity contribution is -0.136. The fourth-order valence-electron chi connectivity index (χ4n) is 2.42. The summed E-state index contributed by atoms with van der Waals surface area (Å²) in [6.07, 6.45) is 0.426. The van der Waals surface area contributed by atoms with Crippen LogP contribution in [0.5, 0.6) is 5.75 Å². The highest BCUT2D eigenvalue weighted by molar-refractivity contribution is 5.77. The van der Waals surface area contributed by atoms with Gasteiger partial charge in [-0.15, -0.1) is 0 Å². The number of rotatable bonds is 4. The maximum atomic E-state index is 12.3. The lowest BCUT2D eigenvalue weighted by atomic mass is 9.99. The second-order valence-corrected chi connectivity index (χ2v) is 6.05. The number of ether oxygens (including phenoxy) is 1. The predicted octanol–water partition coefficient (Wildman–Crippen LogP) is 2.05. The van der Waals surface area contributed by atoms with E-state index in [-0.39, 0.29) is 17.5 Å². The summed E-state index contributed by atoms with van der Waals surface area (Å²) in [6, 6.07) is 9.85. The summed E-state index contributed by atoms with van der Waals surface area (Å²) in [7, 11) is 0. The molecule has 110 valence electrons. The molecule has 1 aliphatic heterocycles. The van der Waals surface area contributed by atoms with E-state index in [4.69, 9.17) is 4.74 Å². The molecule has 1 aliphatic rings. The third kappa shape index (κ3) is 3.97. The van der Waals surface area contributed by atoms with Crippen LogP contribution in [0.25, 0.3) is 0 Å². The van der Waals surface area contributed by atoms with Gasteiger partial charge in [0.1, 0.15) is 5.75 Å². The molecule has 1 amide bonds. The average molecular weight is 276 g/mol. The van der Waals surface area contributed by atoms with Crippen molar-refractivity contribution in [2.45, 2.75) is 38.8 Å². The molecular weight excluding hydrogens is 252 g/mol. The number of hydrogen-bond donors (Lipinski definition) is 1. The van der Waals surface area contributed by atoms with Crippen LogP contribution in [0.3, 0.4) is 0 Å². The zero-order valence-electron chi connectivity index (χ0n) is 12.6. The summed E-state index contributed by atoms with van der Waals surface area (Å²) >= 11 is 0. The van der Waals surface area contributed by atoms with Crippen molar-refractivity contribution in [3.8, 4) is 5.75 Å². The number of carbonyl (C=O) groups excluding carboxylic acids is 1. The molecule has 1 N–H and O–H groups in total. The van der Waals surface area contributed by atoms with E-state index in [9.17, 15) is 4.79 Å². The van der Waals surface area contributed by atoms with Gasteiger partial charge in [0.2, 0.25) is 5.91 Å². The second-order valence-electron chi connectivity index (χ2n) is 6.05. The molecule has 0 bridgehead atoms. The first-order chi connectivity index (χ1) is 9.48. The number of benzene rings is 1. The quantitative estimate of drug-likeness (QED) is 0.915. The van der Waals surface area contributed by atoms with Gasteiger partial charge in [0, 0.05) is 24.7 Å². The number of carbonyl (C=O) groups is 1. The smallest absolute Gasteiger partial charge is 0.226 e. The Labute approximate surface area is 121 Å². The summed E-state index contributed by atoms with van der Waals surface area (Å²) in [5.41, 5.74) is -0.0115. The Hall–Kier alpha value is -1.55. The van der Waals surface area contributed by atoms with Gasteiger partial charge in [-0.05, 0) is 32.9 Å². The van der Waals surface area contributed by atoms with E-state index in [1.165, 1.54) is 0 Å². The summed E-state index contributed by atoms with van der Waals surface area (Å²) in [5.74, 6) is 0.983. The van der Waals surface area contributed by atoms with E-state index >= 15 is 0 Å². The summed E-state index contributed by atoms with van der Waals surface area (Å²) < 4.78 is 5.59. The molecular formula is C16H24N2O2. The Morgan fingerprint density at radius 1 is 1.40 bits per heavy atom. The van der Waals surface area contributed by atoms with Crippen LogP contribution in [0.15, 0.2) is 30.3 Å². The monoisotopic (exact) mass is 276 g/mol. The van der Waals surface area contributed by atoms with Gasteiger partial charge in [0.25, 0.3) is 0 Å². The van der Waals surface area contributed by atoms with Crippen LogP contribution in [0, 0.1) is 0 Å². The Bertz CT molecular complexity index is 445. The van der Waals surface area contributed by atoms with E-state index in [1.54, 1.807) is 0 Å². The molecule has 4 heteroatoms. The largest absolute Gasteiger partial charge is 0.493 e. The zero-order valence-corrected chi connectivity index (χ0v) is 12.6. The van der Waals surface area contributed by atoms with Crippen LogP contribution in [0.2, 0.25) is 0 Å². The highest BCUT2D eigenvalue weighted by atomic mass is 16.5. The molecule has 0 aromatic heterocycles. The number of piperazine rings is 1. The van der Waals surface area contributed by atoms with Crippen LogP contribution < -0.4 is 10.1 Å². The molecule has 20 heavy (non-hydrogen) atoms. The Morgan fingerprint density at radius 2 is 2.10 bits per heavy atom. The molecule has 1 fully saturated rings. The van der Waals surface area contributed by atoms with Crippen molar-refractivity contribution in [2.24, 2.45) is 0 Å². The molecule has 0 saturated carbocycles. The van der Waals surface area contributed by atoms with Crippen molar-refractivity contribution in [2.75, 3.05) is 19.7 Å². The highest BCUT2D eigenvalue weighted by Crippen LogP contribution is 2.16. The van der Waals surface area contributed by atoms with Crippen LogP contribution in [-0.2, 0) is 4.79 Å². The van der Waals surface area contributed by atoms with Crippen molar-refractivity contribution in [3.63, 3.8) is 0 Å². The third-order valence-corrected chi connectivity index (χ3v) is 3.62. The molecule has 1 saturated heterocycles. The molecule has 0 radical (unpaired) electrons. The first-order valence-corrected chi connectivity index (χ1v) is 7.20. The Morgan fingerprint density at radius 3 is 2.80 bits per heavy atom. The Balaban J connectivity index is 1.82.